The van der Waals surface area contributed by atoms with Gasteiger partial charge in [0, 0.05) is 48.8 Å². The molecule has 0 radical (unpaired) electrons. The Kier molecular flexibility index (Phi) is 7.66. The van der Waals surface area contributed by atoms with Crippen LogP contribution in [0.1, 0.15) is 39.3 Å². The van der Waals surface area contributed by atoms with Crippen molar-refractivity contribution in [1.29, 1.82) is 0 Å². The molecule has 0 N–H and O–H groups in total. The lowest BCUT2D eigenvalue weighted by molar-refractivity contribution is -0.701. The molecule has 0 saturated carbocycles. The number of hydrogen-bond acceptors (Lipinski definition) is 1. The van der Waals surface area contributed by atoms with E-state index in [1.807, 2.05) is 0 Å². The number of aryl methyl sites for hydroxylation is 2. The summed E-state index contributed by atoms with van der Waals surface area (Å²) in [5.41, 5.74) is 4.16. The maximum Gasteiger partial charge on any atom is 0.202 e. The number of rotatable bonds is 8. The van der Waals surface area contributed by atoms with Crippen molar-refractivity contribution < 1.29 is 21.5 Å². The molecule has 0 aliphatic heterocycles. The maximum absolute atomic E-state index is 2.54. The largest absolute Gasteiger partial charge is 1.00 e. The van der Waals surface area contributed by atoms with Gasteiger partial charge in [0.2, 0.25) is 5.69 Å². The van der Waals surface area contributed by atoms with Crippen LogP contribution in [0.25, 0.3) is 21.8 Å². The van der Waals surface area contributed by atoms with E-state index in [9.17, 15) is 0 Å². The third-order valence-corrected chi connectivity index (χ3v) is 5.49. The van der Waals surface area contributed by atoms with E-state index in [0.29, 0.717) is 0 Å². The number of nitrogens with zero attached hydrogens (tertiary/aromatic N) is 3. The number of halogens is 1. The van der Waals surface area contributed by atoms with Crippen molar-refractivity contribution in [2.45, 2.75) is 53.6 Å². The Balaban J connectivity index is 0.00000243. The van der Waals surface area contributed by atoms with E-state index in [2.05, 4.69) is 78.3 Å². The molecule has 0 unspecified atom stereocenters. The number of pyridine rings is 1. The van der Waals surface area contributed by atoms with Gasteiger partial charge in [0.25, 0.3) is 0 Å². The summed E-state index contributed by atoms with van der Waals surface area (Å²) in [6.45, 7) is 14.5. The Morgan fingerprint density at radius 3 is 2.42 bits per heavy atom. The molecule has 3 rings (SSSR count). The van der Waals surface area contributed by atoms with Crippen LogP contribution in [-0.2, 0) is 13.1 Å². The molecule has 2 heterocycles. The molecule has 2 aromatic heterocycles. The van der Waals surface area contributed by atoms with Gasteiger partial charge < -0.3 is 26.4 Å². The number of aromatic nitrogens is 2. The average Bonchev–Trinajstić information content (AvgIpc) is 2.97. The summed E-state index contributed by atoms with van der Waals surface area (Å²) in [5, 5.41) is 2.77. The first-order valence-corrected chi connectivity index (χ1v) is 9.83. The molecular weight excluding hydrogens is 386 g/mol. The number of likely N-dealkylation sites (N-methyl/N-ethyl adjacent to an activating group) is 1. The third-order valence-electron chi connectivity index (χ3n) is 5.49. The van der Waals surface area contributed by atoms with Gasteiger partial charge in [-0.15, -0.1) is 0 Å². The van der Waals surface area contributed by atoms with Gasteiger partial charge in [-0.2, -0.15) is 0 Å². The zero-order chi connectivity index (χ0) is 17.8. The second-order valence-electron chi connectivity index (χ2n) is 6.91. The number of fused-ring (bicyclic) bond motifs is 3. The van der Waals surface area contributed by atoms with Crippen molar-refractivity contribution in [3.63, 3.8) is 0 Å². The third kappa shape index (κ3) is 3.96. The van der Waals surface area contributed by atoms with Gasteiger partial charge in [-0.25, -0.2) is 4.57 Å². The molecule has 0 saturated heterocycles. The lowest BCUT2D eigenvalue weighted by Gasteiger charge is -2.19. The summed E-state index contributed by atoms with van der Waals surface area (Å²) in [6.07, 6.45) is 4.74. The van der Waals surface area contributed by atoms with Crippen LogP contribution >= 0.6 is 0 Å². The molecule has 3 nitrogen and oxygen atoms in total. The van der Waals surface area contributed by atoms with Crippen molar-refractivity contribution in [2.24, 2.45) is 0 Å². The molecule has 3 aromatic rings. The van der Waals surface area contributed by atoms with E-state index in [-0.39, 0.29) is 17.0 Å². The monoisotopic (exact) mass is 417 g/mol. The summed E-state index contributed by atoms with van der Waals surface area (Å²) in [7, 11) is 0. The fraction of sp³-hybridized carbons (Fsp3) is 0.500. The smallest absolute Gasteiger partial charge is 0.202 e. The van der Waals surface area contributed by atoms with Crippen LogP contribution in [0.4, 0.5) is 0 Å². The van der Waals surface area contributed by atoms with Gasteiger partial charge in [-0.05, 0) is 19.2 Å². The summed E-state index contributed by atoms with van der Waals surface area (Å²) in [6, 6.07) is 11.2. The Labute approximate surface area is 168 Å². The Bertz CT molecular complexity index is 849. The van der Waals surface area contributed by atoms with Crippen LogP contribution in [0.3, 0.4) is 0 Å². The van der Waals surface area contributed by atoms with E-state index in [1.165, 1.54) is 40.3 Å². The molecule has 0 aliphatic carbocycles. The summed E-state index contributed by atoms with van der Waals surface area (Å²) in [5.74, 6) is 0. The fourth-order valence-corrected chi connectivity index (χ4v) is 3.89. The minimum atomic E-state index is 0. The molecule has 0 spiro atoms. The zero-order valence-electron chi connectivity index (χ0n) is 16.6. The minimum Gasteiger partial charge on any atom is -1.00 e. The number of unbranched alkanes of at least 4 members (excludes halogenated alkanes) is 1. The van der Waals surface area contributed by atoms with Gasteiger partial charge in [0.1, 0.15) is 12.1 Å². The first-order valence-electron chi connectivity index (χ1n) is 9.83. The highest BCUT2D eigenvalue weighted by Gasteiger charge is 2.19. The van der Waals surface area contributed by atoms with E-state index in [1.54, 1.807) is 0 Å². The summed E-state index contributed by atoms with van der Waals surface area (Å²) >= 11 is 0. The van der Waals surface area contributed by atoms with Gasteiger partial charge in [-0.3, -0.25) is 0 Å². The van der Waals surface area contributed by atoms with Crippen LogP contribution in [0, 0.1) is 6.92 Å². The second-order valence-corrected chi connectivity index (χ2v) is 6.91. The zero-order valence-corrected chi connectivity index (χ0v) is 18.2. The van der Waals surface area contributed by atoms with Gasteiger partial charge in [0.15, 0.2) is 6.20 Å². The molecule has 0 amide bonds. The van der Waals surface area contributed by atoms with Crippen molar-refractivity contribution in [2.75, 3.05) is 19.6 Å². The standard InChI is InChI=1S/C22H32N3.BrH/c1-5-8-14-24-15-13-20-19-11-9-10-12-21(19)25(22(20)18(24)4)17-16-23(6-2)7-3;/h9-13,15H,5-8,14,16-17H2,1-4H3;1H/q+1;/p-1. The van der Waals surface area contributed by atoms with E-state index >= 15 is 0 Å². The molecule has 4 heteroatoms. The van der Waals surface area contributed by atoms with Gasteiger partial charge in [-0.1, -0.05) is 45.4 Å². The molecule has 0 bridgehead atoms. The lowest BCUT2D eigenvalue weighted by atomic mass is 10.1. The van der Waals surface area contributed by atoms with Crippen LogP contribution in [0.5, 0.6) is 0 Å². The number of para-hydroxylation sites is 1. The SMILES string of the molecule is CCCC[n+]1ccc2c3ccccc3n(CCN(CC)CC)c2c1C.[Br-]. The number of hydrogen-bond donors (Lipinski definition) is 0. The lowest BCUT2D eigenvalue weighted by Crippen LogP contribution is -3.00. The molecule has 1 aromatic carbocycles. The quantitative estimate of drug-likeness (QED) is 0.506. The van der Waals surface area contributed by atoms with Crippen molar-refractivity contribution in [1.82, 2.24) is 9.47 Å². The van der Waals surface area contributed by atoms with Gasteiger partial charge in [0.05, 0.1) is 0 Å². The van der Waals surface area contributed by atoms with Crippen molar-refractivity contribution in [3.8, 4) is 0 Å². The topological polar surface area (TPSA) is 12.0 Å². The predicted molar refractivity (Wildman–Crippen MR) is 107 cm³/mol. The van der Waals surface area contributed by atoms with Crippen LogP contribution in [0.2, 0.25) is 0 Å². The highest BCUT2D eigenvalue weighted by Crippen LogP contribution is 2.29. The van der Waals surface area contributed by atoms with Gasteiger partial charge >= 0.3 is 0 Å². The fourth-order valence-electron chi connectivity index (χ4n) is 3.89. The highest BCUT2D eigenvalue weighted by atomic mass is 79.9. The Morgan fingerprint density at radius 1 is 1.00 bits per heavy atom. The normalized spacial score (nSPS) is 11.4. The van der Waals surface area contributed by atoms with Crippen LogP contribution in [0.15, 0.2) is 36.5 Å². The molecule has 26 heavy (non-hydrogen) atoms. The second kappa shape index (κ2) is 9.52. The number of benzene rings is 1. The Hall–Kier alpha value is -1.39. The first-order chi connectivity index (χ1) is 12.2. The van der Waals surface area contributed by atoms with Crippen molar-refractivity contribution in [3.05, 3.63) is 42.2 Å². The molecule has 0 atom stereocenters. The predicted octanol–water partition coefficient (Wildman–Crippen LogP) is 1.54. The molecular formula is C22H32BrN3. The van der Waals surface area contributed by atoms with Crippen LogP contribution < -0.4 is 21.5 Å². The van der Waals surface area contributed by atoms with Crippen molar-refractivity contribution >= 4 is 21.8 Å². The van der Waals surface area contributed by atoms with E-state index in [0.717, 1.165) is 32.7 Å². The molecule has 0 aliphatic rings. The molecule has 142 valence electrons. The summed E-state index contributed by atoms with van der Waals surface area (Å²) < 4.78 is 4.97. The minimum absolute atomic E-state index is 0. The first kappa shape index (κ1) is 20.9. The maximum atomic E-state index is 2.54. The Morgan fingerprint density at radius 2 is 1.73 bits per heavy atom. The molecule has 0 fully saturated rings. The van der Waals surface area contributed by atoms with Crippen LogP contribution in [-0.4, -0.2) is 29.1 Å². The van der Waals surface area contributed by atoms with E-state index < -0.39 is 0 Å². The average molecular weight is 418 g/mol. The summed E-state index contributed by atoms with van der Waals surface area (Å²) in [4.78, 5) is 2.50. The highest BCUT2D eigenvalue weighted by molar-refractivity contribution is 6.08. The van der Waals surface area contributed by atoms with E-state index in [4.69, 9.17) is 0 Å².